The summed E-state index contributed by atoms with van der Waals surface area (Å²) in [6.07, 6.45) is 8.21. The summed E-state index contributed by atoms with van der Waals surface area (Å²) in [5.41, 5.74) is 0.869. The Bertz CT molecular complexity index is 833. The summed E-state index contributed by atoms with van der Waals surface area (Å²) < 4.78 is 6.44. The molecule has 0 radical (unpaired) electrons. The number of amides is 1. The number of ether oxygens (including phenoxy) is 1. The minimum absolute atomic E-state index is 0.0751. The van der Waals surface area contributed by atoms with Gasteiger partial charge in [0.25, 0.3) is 0 Å². The van der Waals surface area contributed by atoms with Crippen molar-refractivity contribution >= 4 is 27.5 Å². The van der Waals surface area contributed by atoms with Gasteiger partial charge in [0.05, 0.1) is 22.9 Å². The van der Waals surface area contributed by atoms with Crippen molar-refractivity contribution in [3.05, 3.63) is 22.4 Å². The lowest BCUT2D eigenvalue weighted by Gasteiger charge is -2.53. The van der Waals surface area contributed by atoms with Gasteiger partial charge in [-0.3, -0.25) is 14.7 Å². The van der Waals surface area contributed by atoms with E-state index in [1.807, 2.05) is 11.0 Å². The normalized spacial score (nSPS) is 32.1. The Kier molecular flexibility index (Phi) is 4.49. The number of piperidine rings is 1. The van der Waals surface area contributed by atoms with Gasteiger partial charge in [-0.1, -0.05) is 6.42 Å². The predicted molar refractivity (Wildman–Crippen MR) is 108 cm³/mol. The van der Waals surface area contributed by atoms with Gasteiger partial charge < -0.3 is 9.64 Å². The van der Waals surface area contributed by atoms with Crippen LogP contribution in [0.15, 0.2) is 16.7 Å². The van der Waals surface area contributed by atoms with Crippen LogP contribution in [0.5, 0.6) is 0 Å². The Hall–Kier alpha value is -1.49. The first-order chi connectivity index (χ1) is 13.6. The number of nitriles is 1. The highest BCUT2D eigenvalue weighted by Gasteiger charge is 2.59. The first kappa shape index (κ1) is 18.5. The lowest BCUT2D eigenvalue weighted by molar-refractivity contribution is -0.128. The van der Waals surface area contributed by atoms with Gasteiger partial charge in [-0.15, -0.1) is 0 Å². The number of aromatic nitrogens is 1. The average Bonchev–Trinajstić information content (AvgIpc) is 2.91. The molecule has 0 unspecified atom stereocenters. The van der Waals surface area contributed by atoms with Gasteiger partial charge in [-0.2, -0.15) is 5.26 Å². The fourth-order valence-corrected chi connectivity index (χ4v) is 5.92. The van der Waals surface area contributed by atoms with E-state index in [1.54, 1.807) is 6.20 Å². The van der Waals surface area contributed by atoms with Crippen LogP contribution < -0.4 is 4.90 Å². The fourth-order valence-electron chi connectivity index (χ4n) is 5.60. The van der Waals surface area contributed by atoms with Crippen LogP contribution in [0.1, 0.15) is 50.6 Å². The molecular formula is C21H25BrN4O2. The van der Waals surface area contributed by atoms with Crippen molar-refractivity contribution in [2.24, 2.45) is 0 Å². The molecule has 1 aromatic heterocycles. The van der Waals surface area contributed by atoms with Crippen LogP contribution in [0.2, 0.25) is 0 Å². The lowest BCUT2D eigenvalue weighted by atomic mass is 9.70. The minimum atomic E-state index is -0.551. The largest absolute Gasteiger partial charge is 0.381 e. The fraction of sp³-hybridized carbons (Fsp3) is 0.667. The van der Waals surface area contributed by atoms with Gasteiger partial charge >= 0.3 is 0 Å². The number of anilines is 1. The number of likely N-dealkylation sites (tertiary alicyclic amines) is 1. The molecular weight excluding hydrogens is 420 g/mol. The van der Waals surface area contributed by atoms with Crippen LogP contribution >= 0.6 is 15.9 Å². The lowest BCUT2D eigenvalue weighted by Crippen LogP contribution is -2.65. The Labute approximate surface area is 174 Å². The molecule has 6 nitrogen and oxygen atoms in total. The number of carbonyl (C=O) groups is 1. The van der Waals surface area contributed by atoms with Crippen LogP contribution in [0.4, 0.5) is 5.69 Å². The summed E-state index contributed by atoms with van der Waals surface area (Å²) in [6.45, 7) is 3.19. The van der Waals surface area contributed by atoms with Crippen LogP contribution in [0, 0.1) is 11.3 Å². The number of nitrogens with zero attached hydrogens (tertiary/aromatic N) is 4. The highest BCUT2D eigenvalue weighted by molar-refractivity contribution is 9.10. The second-order valence-electron chi connectivity index (χ2n) is 8.64. The Morgan fingerprint density at radius 1 is 1.21 bits per heavy atom. The van der Waals surface area contributed by atoms with Crippen molar-refractivity contribution in [1.29, 1.82) is 5.26 Å². The third kappa shape index (κ3) is 2.58. The smallest absolute Gasteiger partial charge is 0.239 e. The molecule has 4 heterocycles. The number of hydrogen-bond acceptors (Lipinski definition) is 5. The summed E-state index contributed by atoms with van der Waals surface area (Å²) in [7, 11) is 0. The number of carbonyl (C=O) groups excluding carboxylic acids is 1. The monoisotopic (exact) mass is 444 g/mol. The van der Waals surface area contributed by atoms with Gasteiger partial charge in [-0.05, 0) is 60.8 Å². The standard InChI is InChI=1S/C21H25BrN4O2/c22-15-10-17-18(24-13-15)21(4-8-28-9-5-21)19(27)26(17)16-11-20(12-16,14-23)25-6-2-1-3-7-25/h10,13,16H,1-9,11-12H2. The zero-order valence-electron chi connectivity index (χ0n) is 16.0. The minimum Gasteiger partial charge on any atom is -0.381 e. The van der Waals surface area contributed by atoms with E-state index in [4.69, 9.17) is 4.74 Å². The Morgan fingerprint density at radius 3 is 2.61 bits per heavy atom. The van der Waals surface area contributed by atoms with Crippen molar-refractivity contribution in [2.45, 2.75) is 61.9 Å². The second-order valence-corrected chi connectivity index (χ2v) is 9.56. The summed E-state index contributed by atoms with van der Waals surface area (Å²) in [5.74, 6) is 0.159. The molecule has 148 valence electrons. The highest BCUT2D eigenvalue weighted by atomic mass is 79.9. The number of pyridine rings is 1. The molecule has 1 aromatic rings. The molecule has 4 aliphatic rings. The number of rotatable bonds is 2. The third-order valence-electron chi connectivity index (χ3n) is 7.20. The Morgan fingerprint density at radius 2 is 1.93 bits per heavy atom. The van der Waals surface area contributed by atoms with Crippen molar-refractivity contribution in [3.8, 4) is 6.07 Å². The molecule has 0 N–H and O–H groups in total. The molecule has 3 aliphatic heterocycles. The van der Waals surface area contributed by atoms with Crippen molar-refractivity contribution in [3.63, 3.8) is 0 Å². The SMILES string of the molecule is N#CC1(N2CCCCC2)CC(N2C(=O)C3(CCOCC3)c3ncc(Br)cc32)C1. The zero-order valence-corrected chi connectivity index (χ0v) is 17.6. The summed E-state index contributed by atoms with van der Waals surface area (Å²) in [5, 5.41) is 9.97. The number of halogens is 1. The molecule has 0 aromatic carbocycles. The van der Waals surface area contributed by atoms with Crippen molar-refractivity contribution in [1.82, 2.24) is 9.88 Å². The molecule has 1 aliphatic carbocycles. The van der Waals surface area contributed by atoms with Gasteiger partial charge in [0.1, 0.15) is 5.54 Å². The van der Waals surface area contributed by atoms with E-state index in [1.165, 1.54) is 19.3 Å². The summed E-state index contributed by atoms with van der Waals surface area (Å²) in [6, 6.07) is 4.70. The molecule has 5 rings (SSSR count). The molecule has 2 saturated heterocycles. The molecule has 1 saturated carbocycles. The van der Waals surface area contributed by atoms with Gasteiger partial charge in [-0.25, -0.2) is 0 Å². The predicted octanol–water partition coefficient (Wildman–Crippen LogP) is 3.15. The van der Waals surface area contributed by atoms with Gasteiger partial charge in [0.2, 0.25) is 5.91 Å². The molecule has 7 heteroatoms. The van der Waals surface area contributed by atoms with Gasteiger partial charge in [0.15, 0.2) is 0 Å². The quantitative estimate of drug-likeness (QED) is 0.700. The van der Waals surface area contributed by atoms with E-state index in [0.29, 0.717) is 26.1 Å². The molecule has 1 spiro atoms. The molecule has 1 amide bonds. The highest BCUT2D eigenvalue weighted by Crippen LogP contribution is 2.52. The maximum absolute atomic E-state index is 13.7. The topological polar surface area (TPSA) is 69.5 Å². The molecule has 3 fully saturated rings. The maximum atomic E-state index is 13.7. The van der Waals surface area contributed by atoms with Crippen molar-refractivity contribution < 1.29 is 9.53 Å². The van der Waals surface area contributed by atoms with E-state index in [9.17, 15) is 10.1 Å². The summed E-state index contributed by atoms with van der Waals surface area (Å²) in [4.78, 5) is 22.7. The summed E-state index contributed by atoms with van der Waals surface area (Å²) >= 11 is 3.53. The van der Waals surface area contributed by atoms with Crippen LogP contribution in [0.3, 0.4) is 0 Å². The number of hydrogen-bond donors (Lipinski definition) is 0. The second kappa shape index (κ2) is 6.79. The van der Waals surface area contributed by atoms with E-state index in [2.05, 4.69) is 31.9 Å². The first-order valence-electron chi connectivity index (χ1n) is 10.3. The van der Waals surface area contributed by atoms with Crippen LogP contribution in [-0.2, 0) is 14.9 Å². The Balaban J connectivity index is 1.46. The molecule has 0 atom stereocenters. The van der Waals surface area contributed by atoms with Crippen molar-refractivity contribution in [2.75, 3.05) is 31.2 Å². The van der Waals surface area contributed by atoms with Gasteiger partial charge in [0, 0.05) is 42.8 Å². The van der Waals surface area contributed by atoms with E-state index < -0.39 is 11.0 Å². The van der Waals surface area contributed by atoms with Crippen LogP contribution in [0.25, 0.3) is 0 Å². The van der Waals surface area contributed by atoms with E-state index in [-0.39, 0.29) is 11.9 Å². The van der Waals surface area contributed by atoms with E-state index in [0.717, 1.165) is 41.8 Å². The molecule has 0 bridgehead atoms. The first-order valence-corrected chi connectivity index (χ1v) is 11.1. The average molecular weight is 445 g/mol. The maximum Gasteiger partial charge on any atom is 0.239 e. The third-order valence-corrected chi connectivity index (χ3v) is 7.64. The number of fused-ring (bicyclic) bond motifs is 2. The van der Waals surface area contributed by atoms with E-state index >= 15 is 0 Å². The molecule has 28 heavy (non-hydrogen) atoms. The zero-order chi connectivity index (χ0) is 19.4. The van der Waals surface area contributed by atoms with Crippen LogP contribution in [-0.4, -0.2) is 53.7 Å².